The van der Waals surface area contributed by atoms with Gasteiger partial charge in [0, 0.05) is 20.6 Å². The topological polar surface area (TPSA) is 13.1 Å². The number of furan rings is 1. The van der Waals surface area contributed by atoms with Crippen LogP contribution in [0.4, 0.5) is 0 Å². The third kappa shape index (κ3) is 1.27. The summed E-state index contributed by atoms with van der Waals surface area (Å²) < 4.78 is 62.2. The maximum atomic E-state index is 8.34. The molecule has 0 radical (unpaired) electrons. The van der Waals surface area contributed by atoms with Crippen LogP contribution in [0.25, 0.3) is 32.7 Å². The number of fused-ring (bicyclic) bond motifs is 5. The number of benzene rings is 3. The predicted octanol–water partition coefficient (Wildman–Crippen LogP) is 5.50. The van der Waals surface area contributed by atoms with Crippen LogP contribution < -0.4 is 0 Å². The van der Waals surface area contributed by atoms with Crippen LogP contribution in [0.3, 0.4) is 0 Å². The molecule has 0 aliphatic carbocycles. The van der Waals surface area contributed by atoms with Crippen LogP contribution in [-0.4, -0.2) is 0 Å². The molecule has 0 aliphatic rings. The molecule has 0 amide bonds. The van der Waals surface area contributed by atoms with Gasteiger partial charge in [0.2, 0.25) is 0 Å². The van der Waals surface area contributed by atoms with Gasteiger partial charge in [0.05, 0.1) is 9.60 Å². The summed E-state index contributed by atoms with van der Waals surface area (Å²) in [5.41, 5.74) is 0.509. The van der Waals surface area contributed by atoms with E-state index in [2.05, 4.69) is 15.9 Å². The summed E-state index contributed by atoms with van der Waals surface area (Å²) in [6.45, 7) is 0. The van der Waals surface area contributed by atoms with E-state index in [4.69, 9.17) is 14.0 Å². The first-order valence-corrected chi connectivity index (χ1v) is 6.04. The molecule has 1 heterocycles. The average Bonchev–Trinajstić information content (AvgIpc) is 2.94. The molecular weight excluding hydrogens is 288 g/mol. The second-order valence-electron chi connectivity index (χ2n) is 3.85. The summed E-state index contributed by atoms with van der Waals surface area (Å²) >= 11 is 3.28. The van der Waals surface area contributed by atoms with Crippen molar-refractivity contribution in [1.29, 1.82) is 0 Å². The van der Waals surface area contributed by atoms with Crippen LogP contribution in [0.1, 0.15) is 9.60 Å². The molecule has 86 valence electrons. The molecule has 0 spiro atoms. The third-order valence-corrected chi connectivity index (χ3v) is 3.44. The van der Waals surface area contributed by atoms with E-state index in [1.54, 1.807) is 0 Å². The van der Waals surface area contributed by atoms with Crippen molar-refractivity contribution in [2.45, 2.75) is 0 Å². The minimum absolute atomic E-state index is 0.0452. The van der Waals surface area contributed by atoms with Crippen molar-refractivity contribution >= 4 is 48.6 Å². The first kappa shape index (κ1) is 5.45. The maximum Gasteiger partial charge on any atom is 0.143 e. The monoisotopic (exact) mass is 303 g/mol. The first-order valence-electron chi connectivity index (χ1n) is 8.75. The number of hydrogen-bond donors (Lipinski definition) is 0. The Hall–Kier alpha value is -1.80. The van der Waals surface area contributed by atoms with E-state index < -0.39 is 0 Å². The second kappa shape index (κ2) is 3.59. The molecule has 0 N–H and O–H groups in total. The highest BCUT2D eigenvalue weighted by Gasteiger charge is 2.11. The molecule has 2 heteroatoms. The van der Waals surface area contributed by atoms with Gasteiger partial charge in [-0.2, -0.15) is 0 Å². The quantitative estimate of drug-likeness (QED) is 0.418. The lowest BCUT2D eigenvalue weighted by Crippen LogP contribution is -1.73. The van der Waals surface area contributed by atoms with Crippen molar-refractivity contribution in [2.75, 3.05) is 0 Å². The Labute approximate surface area is 122 Å². The average molecular weight is 304 g/mol. The van der Waals surface area contributed by atoms with Gasteiger partial charge >= 0.3 is 0 Å². The molecule has 18 heavy (non-hydrogen) atoms. The molecule has 0 bridgehead atoms. The third-order valence-electron chi connectivity index (χ3n) is 2.84. The van der Waals surface area contributed by atoms with E-state index in [-0.39, 0.29) is 58.8 Å². The first-order chi connectivity index (χ1) is 11.7. The normalized spacial score (nSPS) is 17.1. The molecule has 0 saturated carbocycles. The van der Waals surface area contributed by atoms with Gasteiger partial charge in [0.1, 0.15) is 11.2 Å². The lowest BCUT2D eigenvalue weighted by molar-refractivity contribution is 0.672. The number of halogens is 1. The van der Waals surface area contributed by atoms with Crippen LogP contribution in [-0.2, 0) is 0 Å². The fourth-order valence-electron chi connectivity index (χ4n) is 2.05. The zero-order valence-corrected chi connectivity index (χ0v) is 10.5. The van der Waals surface area contributed by atoms with Crippen molar-refractivity contribution in [3.05, 3.63) is 58.9 Å². The largest absolute Gasteiger partial charge is 0.455 e. The van der Waals surface area contributed by atoms with Crippen LogP contribution in [0, 0.1) is 0 Å². The summed E-state index contributed by atoms with van der Waals surface area (Å²) in [4.78, 5) is 0. The Morgan fingerprint density at radius 1 is 0.944 bits per heavy atom. The zero-order valence-electron chi connectivity index (χ0n) is 15.9. The highest BCUT2D eigenvalue weighted by molar-refractivity contribution is 9.10. The fourth-order valence-corrected chi connectivity index (χ4v) is 2.56. The minimum Gasteiger partial charge on any atom is -0.455 e. The lowest BCUT2D eigenvalue weighted by atomic mass is 10.1. The Morgan fingerprint density at radius 3 is 2.83 bits per heavy atom. The molecule has 1 nitrogen and oxygen atoms in total. The van der Waals surface area contributed by atoms with Crippen LogP contribution in [0.15, 0.2) is 63.3 Å². The number of rotatable bonds is 0. The molecule has 0 unspecified atom stereocenters. The van der Waals surface area contributed by atoms with Crippen LogP contribution in [0.2, 0.25) is 0 Å². The summed E-state index contributed by atoms with van der Waals surface area (Å²) in [6, 6.07) is 1.47. The molecule has 0 aliphatic heterocycles. The van der Waals surface area contributed by atoms with Gasteiger partial charge in [-0.25, -0.2) is 0 Å². The highest BCUT2D eigenvalue weighted by atomic mass is 79.9. The van der Waals surface area contributed by atoms with Gasteiger partial charge in [-0.1, -0.05) is 52.2 Å². The van der Waals surface area contributed by atoms with Gasteiger partial charge in [-0.3, -0.25) is 0 Å². The molecule has 4 aromatic rings. The molecule has 0 fully saturated rings. The number of hydrogen-bond acceptors (Lipinski definition) is 1. The molecule has 3 aromatic carbocycles. The maximum absolute atomic E-state index is 8.34. The van der Waals surface area contributed by atoms with Crippen molar-refractivity contribution in [3.63, 3.8) is 0 Å². The summed E-state index contributed by atoms with van der Waals surface area (Å²) in [5, 5.41) is 1.11. The van der Waals surface area contributed by atoms with Crippen LogP contribution >= 0.6 is 15.9 Å². The van der Waals surface area contributed by atoms with Crippen molar-refractivity contribution in [2.24, 2.45) is 0 Å². The Kier molecular flexibility index (Phi) is 1.09. The fraction of sp³-hybridized carbons (Fsp3) is 0. The van der Waals surface area contributed by atoms with E-state index in [1.807, 2.05) is 0 Å². The second-order valence-corrected chi connectivity index (χ2v) is 4.64. The van der Waals surface area contributed by atoms with Crippen molar-refractivity contribution < 1.29 is 14.0 Å². The molecular formula is C16H9BrO. The van der Waals surface area contributed by atoms with Gasteiger partial charge in [-0.05, 0) is 23.5 Å². The highest BCUT2D eigenvalue weighted by Crippen LogP contribution is 2.37. The Balaban J connectivity index is 2.39. The van der Waals surface area contributed by atoms with Crippen molar-refractivity contribution in [1.82, 2.24) is 0 Å². The zero-order chi connectivity index (χ0) is 18.2. The molecule has 1 aromatic heterocycles. The molecule has 4 rings (SSSR count). The van der Waals surface area contributed by atoms with Gasteiger partial charge < -0.3 is 4.42 Å². The molecule has 0 saturated heterocycles. The van der Waals surface area contributed by atoms with Crippen molar-refractivity contribution in [3.8, 4) is 0 Å². The van der Waals surface area contributed by atoms with E-state index in [9.17, 15) is 0 Å². The van der Waals surface area contributed by atoms with Gasteiger partial charge in [0.25, 0.3) is 0 Å². The van der Waals surface area contributed by atoms with Gasteiger partial charge in [0.15, 0.2) is 0 Å². The summed E-state index contributed by atoms with van der Waals surface area (Å²) in [7, 11) is 0. The van der Waals surface area contributed by atoms with E-state index in [0.717, 1.165) is 0 Å². The Morgan fingerprint density at radius 2 is 1.89 bits per heavy atom. The predicted molar refractivity (Wildman–Crippen MR) is 78.9 cm³/mol. The Bertz CT molecular complexity index is 1230. The summed E-state index contributed by atoms with van der Waals surface area (Å²) in [6.07, 6.45) is 0. The van der Waals surface area contributed by atoms with Crippen LogP contribution in [0.5, 0.6) is 0 Å². The minimum atomic E-state index is -0.307. The van der Waals surface area contributed by atoms with E-state index in [0.29, 0.717) is 20.6 Å². The van der Waals surface area contributed by atoms with E-state index >= 15 is 0 Å². The summed E-state index contributed by atoms with van der Waals surface area (Å²) in [5.74, 6) is 0. The molecule has 0 atom stereocenters. The standard InChI is InChI=1S/C16H9BrO/c17-13-6-3-7-14-15(13)12-9-8-10-4-1-2-5-11(10)16(12)18-14/h1-9H/i1D,2D,3D,4D,6D,8D,9D. The smallest absolute Gasteiger partial charge is 0.143 e. The SMILES string of the molecule is [2H]c1cc2c(c([2H])c1[2H])c([2H])c([2H])c1c2oc2cc([2H])c([2H])c(Br)c21. The van der Waals surface area contributed by atoms with Gasteiger partial charge in [-0.15, -0.1) is 0 Å². The van der Waals surface area contributed by atoms with E-state index in [1.165, 1.54) is 12.1 Å². The lowest BCUT2D eigenvalue weighted by Gasteiger charge is -1.97.